The topological polar surface area (TPSA) is 35.2 Å². The van der Waals surface area contributed by atoms with E-state index in [1.807, 2.05) is 0 Å². The second-order valence-corrected chi connectivity index (χ2v) is 5.01. The van der Waals surface area contributed by atoms with Gasteiger partial charge in [-0.05, 0) is 36.3 Å². The predicted octanol–water partition coefficient (Wildman–Crippen LogP) is 3.56. The van der Waals surface area contributed by atoms with Crippen LogP contribution in [0.25, 0.3) is 0 Å². The first kappa shape index (κ1) is 12.6. The molecule has 1 saturated carbocycles. The normalized spacial score (nSPS) is 17.9. The van der Waals surface area contributed by atoms with Crippen LogP contribution >= 0.6 is 0 Å². The summed E-state index contributed by atoms with van der Waals surface area (Å²) in [5.74, 6) is 5.89. The van der Waals surface area contributed by atoms with E-state index in [9.17, 15) is 0 Å². The lowest BCUT2D eigenvalue weighted by Gasteiger charge is -2.18. The largest absolute Gasteiger partial charge is 0.304 e. The zero-order valence-electron chi connectivity index (χ0n) is 10.5. The number of nitrogens with two attached hydrogens (primary N) is 1. The third-order valence-electron chi connectivity index (χ3n) is 3.84. The maximum absolute atomic E-state index is 5.13. The molecule has 0 aromatic heterocycles. The van der Waals surface area contributed by atoms with Gasteiger partial charge in [-0.15, -0.1) is 0 Å². The Morgan fingerprint density at radius 3 is 2.47 bits per heavy atom. The predicted molar refractivity (Wildman–Crippen MR) is 70.7 cm³/mol. The Morgan fingerprint density at radius 1 is 1.06 bits per heavy atom. The van der Waals surface area contributed by atoms with Crippen molar-refractivity contribution in [2.45, 2.75) is 50.9 Å². The molecule has 17 heavy (non-hydrogen) atoms. The molecule has 2 N–H and O–H groups in total. The third-order valence-corrected chi connectivity index (χ3v) is 3.84. The molecule has 2 rings (SSSR count). The molecule has 94 valence electrons. The van der Waals surface area contributed by atoms with Crippen LogP contribution in [0.4, 0.5) is 0 Å². The van der Waals surface area contributed by atoms with Crippen LogP contribution in [0.3, 0.4) is 0 Å². The molecule has 1 aliphatic rings. The van der Waals surface area contributed by atoms with Crippen molar-refractivity contribution in [1.82, 2.24) is 0 Å². The van der Waals surface area contributed by atoms with Crippen molar-refractivity contribution in [3.63, 3.8) is 0 Å². The second-order valence-electron chi connectivity index (χ2n) is 5.01. The van der Waals surface area contributed by atoms with Crippen molar-refractivity contribution < 1.29 is 4.84 Å². The highest BCUT2D eigenvalue weighted by atomic mass is 16.6. The summed E-state index contributed by atoms with van der Waals surface area (Å²) < 4.78 is 0. The van der Waals surface area contributed by atoms with Crippen molar-refractivity contribution in [2.75, 3.05) is 6.61 Å². The maximum Gasteiger partial charge on any atom is 0.0719 e. The van der Waals surface area contributed by atoms with Crippen LogP contribution in [0.1, 0.15) is 55.6 Å². The van der Waals surface area contributed by atoms with Crippen molar-refractivity contribution in [3.05, 3.63) is 35.4 Å². The minimum Gasteiger partial charge on any atom is -0.304 e. The van der Waals surface area contributed by atoms with E-state index >= 15 is 0 Å². The molecule has 0 atom stereocenters. The highest BCUT2D eigenvalue weighted by molar-refractivity contribution is 5.30. The second kappa shape index (κ2) is 6.77. The van der Waals surface area contributed by atoms with Crippen molar-refractivity contribution in [1.29, 1.82) is 0 Å². The van der Waals surface area contributed by atoms with Crippen molar-refractivity contribution in [2.24, 2.45) is 5.90 Å². The molecule has 1 aromatic carbocycles. The Balaban J connectivity index is 2.11. The van der Waals surface area contributed by atoms with Gasteiger partial charge in [0.25, 0.3) is 0 Å². The molecule has 0 spiro atoms. The molecule has 2 heteroatoms. The van der Waals surface area contributed by atoms with E-state index in [-0.39, 0.29) is 0 Å². The van der Waals surface area contributed by atoms with Gasteiger partial charge in [0.1, 0.15) is 0 Å². The number of hydrogen-bond acceptors (Lipinski definition) is 2. The molecule has 0 amide bonds. The maximum atomic E-state index is 5.13. The zero-order chi connectivity index (χ0) is 11.9. The standard InChI is InChI=1S/C15H23NO/c16-17-12-11-14-9-5-6-10-15(14)13-7-3-1-2-4-8-13/h5-6,9-10,13H,1-4,7-8,11-12,16H2. The van der Waals surface area contributed by atoms with Crippen molar-refractivity contribution in [3.8, 4) is 0 Å². The van der Waals surface area contributed by atoms with Gasteiger partial charge in [0.05, 0.1) is 6.61 Å². The Labute approximate surface area is 104 Å². The van der Waals surface area contributed by atoms with Crippen LogP contribution in [-0.2, 0) is 11.3 Å². The molecule has 0 heterocycles. The van der Waals surface area contributed by atoms with Gasteiger partial charge in [-0.25, -0.2) is 5.90 Å². The SMILES string of the molecule is NOCCc1ccccc1C1CCCCCC1. The first-order valence-corrected chi connectivity index (χ1v) is 6.81. The van der Waals surface area contributed by atoms with Gasteiger partial charge in [0.2, 0.25) is 0 Å². The summed E-state index contributed by atoms with van der Waals surface area (Å²) >= 11 is 0. The molecule has 0 aliphatic heterocycles. The molecular weight excluding hydrogens is 210 g/mol. The van der Waals surface area contributed by atoms with Crippen LogP contribution in [0.2, 0.25) is 0 Å². The van der Waals surface area contributed by atoms with Gasteiger partial charge in [-0.3, -0.25) is 0 Å². The van der Waals surface area contributed by atoms with Crippen LogP contribution in [0.5, 0.6) is 0 Å². The minimum absolute atomic E-state index is 0.615. The summed E-state index contributed by atoms with van der Waals surface area (Å²) in [6.45, 7) is 0.615. The van der Waals surface area contributed by atoms with Gasteiger partial charge < -0.3 is 4.84 Å². The Hall–Kier alpha value is -0.860. The molecule has 0 radical (unpaired) electrons. The quantitative estimate of drug-likeness (QED) is 0.637. The Morgan fingerprint density at radius 2 is 1.76 bits per heavy atom. The zero-order valence-corrected chi connectivity index (χ0v) is 10.5. The van der Waals surface area contributed by atoms with Gasteiger partial charge in [0.15, 0.2) is 0 Å². The Bertz CT molecular complexity index is 329. The molecular formula is C15H23NO. The summed E-state index contributed by atoms with van der Waals surface area (Å²) in [5.41, 5.74) is 2.95. The monoisotopic (exact) mass is 233 g/mol. The first-order valence-electron chi connectivity index (χ1n) is 6.81. The summed E-state index contributed by atoms with van der Waals surface area (Å²) in [4.78, 5) is 4.71. The molecule has 0 bridgehead atoms. The summed E-state index contributed by atoms with van der Waals surface area (Å²) in [7, 11) is 0. The molecule has 1 fully saturated rings. The van der Waals surface area contributed by atoms with E-state index in [2.05, 4.69) is 24.3 Å². The fourth-order valence-electron chi connectivity index (χ4n) is 2.92. The van der Waals surface area contributed by atoms with Crippen LogP contribution in [0.15, 0.2) is 24.3 Å². The highest BCUT2D eigenvalue weighted by Gasteiger charge is 2.16. The van der Waals surface area contributed by atoms with Gasteiger partial charge in [0, 0.05) is 0 Å². The highest BCUT2D eigenvalue weighted by Crippen LogP contribution is 2.33. The Kier molecular flexibility index (Phi) is 5.02. The van der Waals surface area contributed by atoms with Crippen LogP contribution in [0, 0.1) is 0 Å². The van der Waals surface area contributed by atoms with Crippen LogP contribution < -0.4 is 5.90 Å². The first-order chi connectivity index (χ1) is 8.42. The van der Waals surface area contributed by atoms with Crippen molar-refractivity contribution >= 4 is 0 Å². The van der Waals surface area contributed by atoms with E-state index < -0.39 is 0 Å². The lowest BCUT2D eigenvalue weighted by Crippen LogP contribution is -2.08. The average molecular weight is 233 g/mol. The summed E-state index contributed by atoms with van der Waals surface area (Å²) in [6, 6.07) is 8.79. The average Bonchev–Trinajstić information content (AvgIpc) is 2.65. The summed E-state index contributed by atoms with van der Waals surface area (Å²) in [6.07, 6.45) is 9.21. The van der Waals surface area contributed by atoms with Crippen LogP contribution in [-0.4, -0.2) is 6.61 Å². The molecule has 0 saturated heterocycles. The fourth-order valence-corrected chi connectivity index (χ4v) is 2.92. The minimum atomic E-state index is 0.615. The lowest BCUT2D eigenvalue weighted by molar-refractivity contribution is 0.141. The van der Waals surface area contributed by atoms with E-state index in [0.29, 0.717) is 6.61 Å². The molecule has 2 nitrogen and oxygen atoms in total. The number of benzene rings is 1. The van der Waals surface area contributed by atoms with E-state index in [1.54, 1.807) is 0 Å². The van der Waals surface area contributed by atoms with Gasteiger partial charge >= 0.3 is 0 Å². The summed E-state index contributed by atoms with van der Waals surface area (Å²) in [5, 5.41) is 0. The molecule has 0 unspecified atom stereocenters. The lowest BCUT2D eigenvalue weighted by atomic mass is 9.87. The van der Waals surface area contributed by atoms with E-state index in [4.69, 9.17) is 10.7 Å². The fraction of sp³-hybridized carbons (Fsp3) is 0.600. The van der Waals surface area contributed by atoms with E-state index in [0.717, 1.165) is 12.3 Å². The smallest absolute Gasteiger partial charge is 0.0719 e. The molecule has 1 aliphatic carbocycles. The molecule has 1 aromatic rings. The van der Waals surface area contributed by atoms with E-state index in [1.165, 1.54) is 49.7 Å². The third kappa shape index (κ3) is 3.55. The van der Waals surface area contributed by atoms with Gasteiger partial charge in [-0.2, -0.15) is 0 Å². The number of rotatable bonds is 4. The van der Waals surface area contributed by atoms with Gasteiger partial charge in [-0.1, -0.05) is 49.9 Å². The number of hydrogen-bond donors (Lipinski definition) is 1.